The molecule has 0 radical (unpaired) electrons. The van der Waals surface area contributed by atoms with Crippen molar-refractivity contribution in [3.8, 4) is 0 Å². The topological polar surface area (TPSA) is 66.1 Å². The van der Waals surface area contributed by atoms with Gasteiger partial charge in [0.05, 0.1) is 0 Å². The predicted octanol–water partition coefficient (Wildman–Crippen LogP) is 2.08. The van der Waals surface area contributed by atoms with Crippen LogP contribution < -0.4 is 0 Å². The molecule has 3 rings (SSSR count). The maximum absolute atomic E-state index is 12.9. The monoisotopic (exact) mass is 311 g/mol. The average molecular weight is 311 g/mol. The number of aromatic amines is 1. The minimum absolute atomic E-state index is 0.000344. The van der Waals surface area contributed by atoms with E-state index < -0.39 is 10.0 Å². The molecule has 20 heavy (non-hydrogen) atoms. The smallest absolute Gasteiger partial charge is 0.245 e. The second-order valence-corrected chi connectivity index (χ2v) is 8.33. The summed E-state index contributed by atoms with van der Waals surface area (Å²) in [4.78, 5) is 7.41. The number of sulfonamides is 1. The van der Waals surface area contributed by atoms with E-state index in [2.05, 4.69) is 16.9 Å². The molecule has 0 aromatic carbocycles. The van der Waals surface area contributed by atoms with Gasteiger partial charge in [-0.3, -0.25) is 0 Å². The maximum Gasteiger partial charge on any atom is 0.245 e. The number of fused-ring (bicyclic) bond motifs is 1. The molecular weight excluding hydrogens is 294 g/mol. The van der Waals surface area contributed by atoms with Crippen LogP contribution in [0, 0.1) is 0 Å². The first-order chi connectivity index (χ1) is 9.51. The third-order valence-corrected chi connectivity index (χ3v) is 7.19. The van der Waals surface area contributed by atoms with Crippen molar-refractivity contribution < 1.29 is 8.42 Å². The Morgan fingerprint density at radius 1 is 1.45 bits per heavy atom. The van der Waals surface area contributed by atoms with Crippen molar-refractivity contribution in [1.82, 2.24) is 14.3 Å². The lowest BCUT2D eigenvalue weighted by molar-refractivity contribution is 0.340. The molecule has 0 bridgehead atoms. The van der Waals surface area contributed by atoms with Gasteiger partial charge in [-0.1, -0.05) is 6.92 Å². The van der Waals surface area contributed by atoms with E-state index in [0.717, 1.165) is 5.75 Å². The van der Waals surface area contributed by atoms with Crippen molar-refractivity contribution in [3.05, 3.63) is 24.5 Å². The van der Waals surface area contributed by atoms with Crippen LogP contribution in [0.15, 0.2) is 29.4 Å². The van der Waals surface area contributed by atoms with Crippen LogP contribution >= 0.6 is 11.8 Å². The number of nitrogens with zero attached hydrogens (tertiary/aromatic N) is 2. The highest BCUT2D eigenvalue weighted by atomic mass is 32.2. The van der Waals surface area contributed by atoms with Crippen molar-refractivity contribution >= 4 is 32.8 Å². The highest BCUT2D eigenvalue weighted by Crippen LogP contribution is 2.31. The van der Waals surface area contributed by atoms with Crippen LogP contribution in [0.4, 0.5) is 0 Å². The Morgan fingerprint density at radius 3 is 3.05 bits per heavy atom. The van der Waals surface area contributed by atoms with Gasteiger partial charge >= 0.3 is 0 Å². The van der Waals surface area contributed by atoms with Crippen molar-refractivity contribution in [2.24, 2.45) is 0 Å². The van der Waals surface area contributed by atoms with Gasteiger partial charge in [-0.2, -0.15) is 16.1 Å². The Kier molecular flexibility index (Phi) is 3.51. The lowest BCUT2D eigenvalue weighted by Crippen LogP contribution is -2.47. The summed E-state index contributed by atoms with van der Waals surface area (Å²) in [5, 5.41) is 0.965. The maximum atomic E-state index is 12.9. The summed E-state index contributed by atoms with van der Waals surface area (Å²) in [5.74, 6) is 0.839. The minimum atomic E-state index is -3.48. The van der Waals surface area contributed by atoms with Gasteiger partial charge in [-0.25, -0.2) is 13.4 Å². The van der Waals surface area contributed by atoms with Crippen LogP contribution in [0.3, 0.4) is 0 Å². The van der Waals surface area contributed by atoms with Gasteiger partial charge in [0.15, 0.2) is 0 Å². The first kappa shape index (κ1) is 13.9. The third-order valence-electron chi connectivity index (χ3n) is 3.83. The second-order valence-electron chi connectivity index (χ2n) is 4.98. The number of rotatable bonds is 2. The molecule has 2 atom stereocenters. The normalized spacial score (nSPS) is 25.1. The average Bonchev–Trinajstić information content (AvgIpc) is 2.86. The first-order valence-electron chi connectivity index (χ1n) is 6.57. The lowest BCUT2D eigenvalue weighted by atomic mass is 10.2. The molecule has 0 saturated carbocycles. The minimum Gasteiger partial charge on any atom is -0.345 e. The van der Waals surface area contributed by atoms with Gasteiger partial charge in [-0.15, -0.1) is 0 Å². The van der Waals surface area contributed by atoms with Gasteiger partial charge in [-0.05, 0) is 19.1 Å². The van der Waals surface area contributed by atoms with E-state index in [0.29, 0.717) is 27.7 Å². The molecule has 2 aromatic heterocycles. The van der Waals surface area contributed by atoms with E-state index in [1.165, 1.54) is 0 Å². The molecule has 7 heteroatoms. The molecule has 1 fully saturated rings. The quantitative estimate of drug-likeness (QED) is 0.922. The van der Waals surface area contributed by atoms with Crippen LogP contribution in [-0.4, -0.2) is 46.3 Å². The van der Waals surface area contributed by atoms with E-state index >= 15 is 0 Å². The van der Waals surface area contributed by atoms with Crippen molar-refractivity contribution in [1.29, 1.82) is 0 Å². The van der Waals surface area contributed by atoms with Crippen LogP contribution in [0.1, 0.15) is 13.8 Å². The van der Waals surface area contributed by atoms with Crippen LogP contribution in [0.2, 0.25) is 0 Å². The number of thioether (sulfide) groups is 1. The molecule has 1 aliphatic rings. The standard InChI is InChI=1S/C13H17N3O2S2/c1-9-10(2)19-7-6-16(9)20(17,18)12-8-15-13-11(12)4-3-5-14-13/h3-5,8-10H,6-7H2,1-2H3,(H,14,15)/t9-,10+/m0/s1. The number of pyridine rings is 1. The van der Waals surface area contributed by atoms with Gasteiger partial charge < -0.3 is 4.98 Å². The molecule has 0 aliphatic carbocycles. The Bertz CT molecular complexity index is 726. The molecule has 1 N–H and O–H groups in total. The summed E-state index contributed by atoms with van der Waals surface area (Å²) in [5.41, 5.74) is 0.609. The van der Waals surface area contributed by atoms with Crippen molar-refractivity contribution in [2.75, 3.05) is 12.3 Å². The second kappa shape index (κ2) is 5.05. The summed E-state index contributed by atoms with van der Waals surface area (Å²) < 4.78 is 27.4. The van der Waals surface area contributed by atoms with Gasteiger partial charge in [0.1, 0.15) is 10.5 Å². The number of nitrogens with one attached hydrogen (secondary N) is 1. The van der Waals surface area contributed by atoms with Gasteiger partial charge in [0.25, 0.3) is 0 Å². The van der Waals surface area contributed by atoms with E-state index in [4.69, 9.17) is 0 Å². The number of aromatic nitrogens is 2. The Labute approximate surface area is 122 Å². The van der Waals surface area contributed by atoms with Crippen LogP contribution in [-0.2, 0) is 10.0 Å². The van der Waals surface area contributed by atoms with Crippen molar-refractivity contribution in [2.45, 2.75) is 30.0 Å². The summed E-state index contributed by atoms with van der Waals surface area (Å²) in [6.07, 6.45) is 3.20. The Balaban J connectivity index is 2.08. The van der Waals surface area contributed by atoms with E-state index in [1.54, 1.807) is 28.8 Å². The Hall–Kier alpha value is -1.05. The van der Waals surface area contributed by atoms with E-state index in [9.17, 15) is 8.42 Å². The van der Waals surface area contributed by atoms with Gasteiger partial charge in [0, 0.05) is 41.4 Å². The third kappa shape index (κ3) is 2.13. The SMILES string of the molecule is C[C@H]1SCCN(S(=O)(=O)c2c[nH]c3ncccc23)[C@H]1C. The number of hydrogen-bond acceptors (Lipinski definition) is 4. The number of H-pyrrole nitrogens is 1. The summed E-state index contributed by atoms with van der Waals surface area (Å²) >= 11 is 1.82. The molecule has 0 spiro atoms. The highest BCUT2D eigenvalue weighted by Gasteiger charge is 2.36. The molecule has 3 heterocycles. The molecule has 1 aliphatic heterocycles. The molecule has 0 unspecified atom stereocenters. The predicted molar refractivity (Wildman–Crippen MR) is 81.4 cm³/mol. The zero-order valence-corrected chi connectivity index (χ0v) is 13.0. The molecule has 5 nitrogen and oxygen atoms in total. The fraction of sp³-hybridized carbons (Fsp3) is 0.462. The number of hydrogen-bond donors (Lipinski definition) is 1. The van der Waals surface area contributed by atoms with Gasteiger partial charge in [0.2, 0.25) is 10.0 Å². The molecule has 108 valence electrons. The van der Waals surface area contributed by atoms with Crippen LogP contribution in [0.5, 0.6) is 0 Å². The summed E-state index contributed by atoms with van der Waals surface area (Å²) in [7, 11) is -3.48. The molecular formula is C13H17N3O2S2. The van der Waals surface area contributed by atoms with Crippen LogP contribution in [0.25, 0.3) is 11.0 Å². The fourth-order valence-electron chi connectivity index (χ4n) is 2.52. The highest BCUT2D eigenvalue weighted by molar-refractivity contribution is 8.00. The van der Waals surface area contributed by atoms with E-state index in [1.807, 2.05) is 18.7 Å². The fourth-order valence-corrected chi connectivity index (χ4v) is 5.66. The summed E-state index contributed by atoms with van der Waals surface area (Å²) in [6, 6.07) is 3.55. The van der Waals surface area contributed by atoms with E-state index in [-0.39, 0.29) is 6.04 Å². The lowest BCUT2D eigenvalue weighted by Gasteiger charge is -2.36. The van der Waals surface area contributed by atoms with Crippen molar-refractivity contribution in [3.63, 3.8) is 0 Å². The largest absolute Gasteiger partial charge is 0.345 e. The first-order valence-corrected chi connectivity index (χ1v) is 9.06. The molecule has 1 saturated heterocycles. The molecule has 0 amide bonds. The summed E-state index contributed by atoms with van der Waals surface area (Å²) in [6.45, 7) is 4.61. The zero-order valence-electron chi connectivity index (χ0n) is 11.4. The molecule has 2 aromatic rings. The zero-order chi connectivity index (χ0) is 14.3. The Morgan fingerprint density at radius 2 is 2.25 bits per heavy atom.